The molecule has 0 radical (unpaired) electrons. The zero-order chi connectivity index (χ0) is 24.0. The van der Waals surface area contributed by atoms with Crippen LogP contribution in [0.3, 0.4) is 0 Å². The molecule has 2 unspecified atom stereocenters. The molecule has 172 valence electrons. The first kappa shape index (κ1) is 22.9. The highest BCUT2D eigenvalue weighted by Gasteiger charge is 2.31. The van der Waals surface area contributed by atoms with Gasteiger partial charge in [-0.25, -0.2) is 0 Å². The van der Waals surface area contributed by atoms with Gasteiger partial charge in [0.15, 0.2) is 0 Å². The smallest absolute Gasteiger partial charge is 0.234 e. The van der Waals surface area contributed by atoms with E-state index in [2.05, 4.69) is 64.1 Å². The summed E-state index contributed by atoms with van der Waals surface area (Å²) in [6, 6.07) is 20.7. The van der Waals surface area contributed by atoms with Gasteiger partial charge in [-0.05, 0) is 89.4 Å². The van der Waals surface area contributed by atoms with E-state index in [4.69, 9.17) is 0 Å². The Labute approximate surface area is 209 Å². The number of hydrogen-bond donors (Lipinski definition) is 0. The summed E-state index contributed by atoms with van der Waals surface area (Å²) < 4.78 is 0. The fourth-order valence-electron chi connectivity index (χ4n) is 4.46. The largest absolute Gasteiger partial charge is 0.285 e. The number of ketones is 2. The average molecular weight is 485 g/mol. The number of Topliss-reactive ketones (excluding diaryl/α,β-unsaturated/α-hetero) is 2. The second-order valence-corrected chi connectivity index (χ2v) is 11.4. The number of thiophene rings is 2. The van der Waals surface area contributed by atoms with E-state index < -0.39 is 11.6 Å². The summed E-state index contributed by atoms with van der Waals surface area (Å²) in [5, 5.41) is 0. The molecule has 0 saturated carbocycles. The van der Waals surface area contributed by atoms with Gasteiger partial charge in [-0.2, -0.15) is 0 Å². The van der Waals surface area contributed by atoms with Crippen LogP contribution in [0.1, 0.15) is 83.5 Å². The first-order chi connectivity index (χ1) is 16.4. The van der Waals surface area contributed by atoms with E-state index in [0.717, 1.165) is 29.5 Å². The van der Waals surface area contributed by atoms with Gasteiger partial charge >= 0.3 is 0 Å². The molecule has 2 aromatic heterocycles. The maximum atomic E-state index is 12.8. The van der Waals surface area contributed by atoms with Gasteiger partial charge in [-0.3, -0.25) is 9.59 Å². The highest BCUT2D eigenvalue weighted by molar-refractivity contribution is 7.23. The lowest BCUT2D eigenvalue weighted by molar-refractivity contribution is 0.0815. The van der Waals surface area contributed by atoms with Crippen molar-refractivity contribution in [3.63, 3.8) is 0 Å². The second-order valence-electron chi connectivity index (χ2n) is 9.21. The summed E-state index contributed by atoms with van der Waals surface area (Å²) in [4.78, 5) is 30.8. The Hall–Kier alpha value is -2.82. The van der Waals surface area contributed by atoms with Crippen LogP contribution < -0.4 is 0 Å². The molecule has 0 aliphatic heterocycles. The van der Waals surface area contributed by atoms with Gasteiger partial charge in [0.05, 0.1) is 0 Å². The molecule has 0 N–H and O–H groups in total. The minimum absolute atomic E-state index is 0.399. The lowest BCUT2D eigenvalue weighted by atomic mass is 9.81. The fourth-order valence-corrected chi connectivity index (χ4v) is 6.70. The number of carbonyl (C=O) groups excluding carboxylic acids is 2. The zero-order valence-electron chi connectivity index (χ0n) is 20.0. The van der Waals surface area contributed by atoms with Crippen molar-refractivity contribution in [1.82, 2.24) is 0 Å². The number of carbonyl (C=O) groups is 2. The molecule has 4 heteroatoms. The Kier molecular flexibility index (Phi) is 6.13. The summed E-state index contributed by atoms with van der Waals surface area (Å²) >= 11 is 3.65. The van der Waals surface area contributed by atoms with E-state index in [-0.39, 0.29) is 0 Å². The molecule has 0 fully saturated rings. The van der Waals surface area contributed by atoms with E-state index in [9.17, 15) is 9.59 Å². The standard InChI is InChI=1S/C30H28O2S2/c1-5-17(3)19-7-9-21-23(15-19)24-16-20(8-10-22(24)30(32)29(21)31)26-12-14-28(34-26)27-13-11-25(33-27)18(4)6-2/h7-18H,5-6H2,1-4H3. The minimum atomic E-state index is -0.409. The topological polar surface area (TPSA) is 34.1 Å². The quantitative estimate of drug-likeness (QED) is 0.256. The fraction of sp³-hybridized carbons (Fsp3) is 0.267. The SMILES string of the molecule is CCC(C)c1ccc2c(c1)-c1cc(-c3ccc(-c4ccc(C(C)CC)s4)s3)ccc1C(=O)C2=O. The van der Waals surface area contributed by atoms with Crippen molar-refractivity contribution in [2.24, 2.45) is 0 Å². The molecule has 1 aliphatic carbocycles. The van der Waals surface area contributed by atoms with Crippen LogP contribution in [0.15, 0.2) is 60.7 Å². The molecule has 2 nitrogen and oxygen atoms in total. The minimum Gasteiger partial charge on any atom is -0.285 e. The van der Waals surface area contributed by atoms with E-state index in [1.54, 1.807) is 11.3 Å². The highest BCUT2D eigenvalue weighted by Crippen LogP contribution is 2.42. The normalized spacial score (nSPS) is 14.6. The van der Waals surface area contributed by atoms with Crippen molar-refractivity contribution in [2.75, 3.05) is 0 Å². The van der Waals surface area contributed by atoms with Gasteiger partial charge < -0.3 is 0 Å². The van der Waals surface area contributed by atoms with Gasteiger partial charge in [-0.1, -0.05) is 45.9 Å². The van der Waals surface area contributed by atoms with Crippen molar-refractivity contribution in [1.29, 1.82) is 0 Å². The number of rotatable bonds is 6. The Bertz CT molecular complexity index is 1400. The third-order valence-electron chi connectivity index (χ3n) is 7.09. The molecule has 2 atom stereocenters. The van der Waals surface area contributed by atoms with Crippen LogP contribution in [0.5, 0.6) is 0 Å². The number of hydrogen-bond acceptors (Lipinski definition) is 4. The molecule has 0 spiro atoms. The molecule has 0 bridgehead atoms. The lowest BCUT2D eigenvalue weighted by Gasteiger charge is -2.21. The molecule has 0 saturated heterocycles. The molecule has 1 aliphatic rings. The van der Waals surface area contributed by atoms with Crippen molar-refractivity contribution < 1.29 is 9.59 Å². The Morgan fingerprint density at radius 2 is 1.21 bits per heavy atom. The molecule has 2 heterocycles. The van der Waals surface area contributed by atoms with Gasteiger partial charge in [0.1, 0.15) is 0 Å². The summed E-state index contributed by atoms with van der Waals surface area (Å²) in [7, 11) is 0. The molecule has 2 aromatic carbocycles. The monoisotopic (exact) mass is 484 g/mol. The van der Waals surface area contributed by atoms with Crippen LogP contribution in [0.4, 0.5) is 0 Å². The molecule has 5 rings (SSSR count). The second kappa shape index (κ2) is 9.09. The molecular formula is C30H28O2S2. The van der Waals surface area contributed by atoms with Gasteiger partial charge in [0.2, 0.25) is 11.6 Å². The van der Waals surface area contributed by atoms with Crippen molar-refractivity contribution >= 4 is 34.2 Å². The highest BCUT2D eigenvalue weighted by atomic mass is 32.1. The van der Waals surface area contributed by atoms with Crippen LogP contribution in [0.2, 0.25) is 0 Å². The summed E-state index contributed by atoms with van der Waals surface area (Å²) in [5.41, 5.74) is 5.06. The maximum Gasteiger partial charge on any atom is 0.234 e. The predicted molar refractivity (Wildman–Crippen MR) is 145 cm³/mol. The maximum absolute atomic E-state index is 12.8. The van der Waals surface area contributed by atoms with Gasteiger partial charge in [0.25, 0.3) is 0 Å². The Morgan fingerprint density at radius 3 is 1.91 bits per heavy atom. The van der Waals surface area contributed by atoms with Crippen molar-refractivity contribution in [3.05, 3.63) is 82.2 Å². The summed E-state index contributed by atoms with van der Waals surface area (Å²) in [6.07, 6.45) is 2.17. The van der Waals surface area contributed by atoms with E-state index >= 15 is 0 Å². The first-order valence-electron chi connectivity index (χ1n) is 12.0. The van der Waals surface area contributed by atoms with Crippen molar-refractivity contribution in [3.8, 4) is 31.3 Å². The lowest BCUT2D eigenvalue weighted by Crippen LogP contribution is -2.21. The molecule has 34 heavy (non-hydrogen) atoms. The van der Waals surface area contributed by atoms with Gasteiger partial charge in [0, 0.05) is 30.6 Å². The Balaban J connectivity index is 1.56. The van der Waals surface area contributed by atoms with Crippen LogP contribution in [0, 0.1) is 0 Å². The zero-order valence-corrected chi connectivity index (χ0v) is 21.6. The summed E-state index contributed by atoms with van der Waals surface area (Å²) in [6.45, 7) is 8.86. The van der Waals surface area contributed by atoms with Crippen molar-refractivity contribution in [2.45, 2.75) is 52.4 Å². The number of benzene rings is 2. The predicted octanol–water partition coefficient (Wildman–Crippen LogP) is 9.22. The Morgan fingerprint density at radius 1 is 0.618 bits per heavy atom. The van der Waals surface area contributed by atoms with Crippen LogP contribution in [-0.4, -0.2) is 11.6 Å². The average Bonchev–Trinajstić information content (AvgIpc) is 3.56. The third-order valence-corrected chi connectivity index (χ3v) is 9.74. The first-order valence-corrected chi connectivity index (χ1v) is 13.6. The van der Waals surface area contributed by atoms with Crippen LogP contribution in [0.25, 0.3) is 31.3 Å². The summed E-state index contributed by atoms with van der Waals surface area (Å²) in [5.74, 6) is 0.169. The van der Waals surface area contributed by atoms with Crippen LogP contribution >= 0.6 is 22.7 Å². The number of fused-ring (bicyclic) bond motifs is 3. The van der Waals surface area contributed by atoms with Crippen LogP contribution in [-0.2, 0) is 0 Å². The van der Waals surface area contributed by atoms with Gasteiger partial charge in [-0.15, -0.1) is 22.7 Å². The molecule has 0 amide bonds. The third kappa shape index (κ3) is 3.89. The molecule has 4 aromatic rings. The molecular weight excluding hydrogens is 456 g/mol. The van der Waals surface area contributed by atoms with E-state index in [1.165, 1.54) is 25.1 Å². The van der Waals surface area contributed by atoms with E-state index in [0.29, 0.717) is 23.0 Å². The van der Waals surface area contributed by atoms with E-state index in [1.807, 2.05) is 35.6 Å².